The van der Waals surface area contributed by atoms with Crippen LogP contribution in [-0.2, 0) is 6.54 Å². The molecule has 0 fully saturated rings. The predicted octanol–water partition coefficient (Wildman–Crippen LogP) is 2.65. The van der Waals surface area contributed by atoms with Crippen LogP contribution in [0, 0.1) is 0 Å². The molecule has 0 bridgehead atoms. The highest BCUT2D eigenvalue weighted by atomic mass is 16.2. The van der Waals surface area contributed by atoms with Gasteiger partial charge in [-0.05, 0) is 26.3 Å². The summed E-state index contributed by atoms with van der Waals surface area (Å²) in [6.07, 6.45) is 3.82. The predicted molar refractivity (Wildman–Crippen MR) is 84.0 cm³/mol. The van der Waals surface area contributed by atoms with Crippen LogP contribution >= 0.6 is 0 Å². The summed E-state index contributed by atoms with van der Waals surface area (Å²) in [4.78, 5) is 11.6. The zero-order valence-electron chi connectivity index (χ0n) is 12.8. The molecule has 112 valence electrons. The molecule has 0 saturated heterocycles. The van der Waals surface area contributed by atoms with Gasteiger partial charge in [-0.2, -0.15) is 5.10 Å². The van der Waals surface area contributed by atoms with Gasteiger partial charge in [-0.25, -0.2) is 4.79 Å². The summed E-state index contributed by atoms with van der Waals surface area (Å²) in [5.74, 6) is 0. The summed E-state index contributed by atoms with van der Waals surface area (Å²) in [5.41, 5.74) is 1.99. The van der Waals surface area contributed by atoms with Crippen LogP contribution in [-0.4, -0.2) is 27.9 Å². The molecule has 0 atom stereocenters. The van der Waals surface area contributed by atoms with Crippen molar-refractivity contribution in [2.45, 2.75) is 32.9 Å². The van der Waals surface area contributed by atoms with E-state index >= 15 is 0 Å². The number of hydrogen-bond donors (Lipinski definition) is 2. The van der Waals surface area contributed by atoms with E-state index in [1.165, 1.54) is 0 Å². The van der Waals surface area contributed by atoms with Crippen LogP contribution < -0.4 is 10.6 Å². The van der Waals surface area contributed by atoms with Gasteiger partial charge >= 0.3 is 6.03 Å². The number of aromatic nitrogens is 2. The quantitative estimate of drug-likeness (QED) is 0.907. The molecule has 1 aromatic heterocycles. The minimum Gasteiger partial charge on any atom is -0.336 e. The summed E-state index contributed by atoms with van der Waals surface area (Å²) in [5, 5.41) is 9.99. The van der Waals surface area contributed by atoms with E-state index in [-0.39, 0.29) is 11.6 Å². The average molecular weight is 286 g/mol. The number of nitrogens with one attached hydrogen (secondary N) is 2. The molecular formula is C16H22N4O. The number of hydrogen-bond acceptors (Lipinski definition) is 2. The molecule has 2 aromatic rings. The van der Waals surface area contributed by atoms with Crippen LogP contribution in [0.5, 0.6) is 0 Å². The van der Waals surface area contributed by atoms with Crippen molar-refractivity contribution in [2.75, 3.05) is 6.54 Å². The molecule has 0 radical (unpaired) electrons. The largest absolute Gasteiger partial charge is 0.336 e. The summed E-state index contributed by atoms with van der Waals surface area (Å²) >= 11 is 0. The third-order valence-electron chi connectivity index (χ3n) is 2.86. The van der Waals surface area contributed by atoms with Crippen molar-refractivity contribution in [3.8, 4) is 11.1 Å². The SMILES string of the molecule is CC(C)(C)NC(=O)NCCn1cc(-c2ccccc2)cn1. The molecule has 1 aromatic carbocycles. The Kier molecular flexibility index (Phi) is 4.62. The molecule has 2 rings (SSSR count). The first kappa shape index (κ1) is 15.1. The Morgan fingerprint density at radius 3 is 2.57 bits per heavy atom. The standard InChI is InChI=1S/C16H22N4O/c1-16(2,3)19-15(21)17-9-10-20-12-14(11-18-20)13-7-5-4-6-8-13/h4-8,11-12H,9-10H2,1-3H3,(H2,17,19,21). The second-order valence-corrected chi connectivity index (χ2v) is 5.99. The second kappa shape index (κ2) is 6.43. The smallest absolute Gasteiger partial charge is 0.315 e. The normalized spacial score (nSPS) is 11.2. The Balaban J connectivity index is 1.83. The van der Waals surface area contributed by atoms with Crippen molar-refractivity contribution < 1.29 is 4.79 Å². The molecule has 0 aliphatic rings. The van der Waals surface area contributed by atoms with Crippen molar-refractivity contribution >= 4 is 6.03 Å². The highest BCUT2D eigenvalue weighted by Crippen LogP contribution is 2.17. The number of rotatable bonds is 4. The fourth-order valence-corrected chi connectivity index (χ4v) is 1.93. The molecule has 0 saturated carbocycles. The highest BCUT2D eigenvalue weighted by molar-refractivity contribution is 5.74. The monoisotopic (exact) mass is 286 g/mol. The Labute approximate surface area is 125 Å². The van der Waals surface area contributed by atoms with Crippen LogP contribution in [0.3, 0.4) is 0 Å². The Morgan fingerprint density at radius 2 is 1.90 bits per heavy atom. The van der Waals surface area contributed by atoms with E-state index < -0.39 is 0 Å². The minimum absolute atomic E-state index is 0.155. The van der Waals surface area contributed by atoms with E-state index in [1.54, 1.807) is 0 Å². The lowest BCUT2D eigenvalue weighted by Crippen LogP contribution is -2.47. The molecule has 21 heavy (non-hydrogen) atoms. The fraction of sp³-hybridized carbons (Fsp3) is 0.375. The molecule has 5 heteroatoms. The molecule has 0 spiro atoms. The van der Waals surface area contributed by atoms with Crippen molar-refractivity contribution in [3.63, 3.8) is 0 Å². The summed E-state index contributed by atoms with van der Waals surface area (Å²) < 4.78 is 1.83. The van der Waals surface area contributed by atoms with Crippen LogP contribution in [0.15, 0.2) is 42.7 Å². The average Bonchev–Trinajstić information content (AvgIpc) is 2.86. The molecule has 5 nitrogen and oxygen atoms in total. The summed E-state index contributed by atoms with van der Waals surface area (Å²) in [7, 11) is 0. The highest BCUT2D eigenvalue weighted by Gasteiger charge is 2.12. The third kappa shape index (κ3) is 4.95. The van der Waals surface area contributed by atoms with Gasteiger partial charge in [0.05, 0.1) is 12.7 Å². The zero-order chi connectivity index (χ0) is 15.3. The topological polar surface area (TPSA) is 59.0 Å². The van der Waals surface area contributed by atoms with Gasteiger partial charge in [0, 0.05) is 23.8 Å². The van der Waals surface area contributed by atoms with E-state index in [2.05, 4.69) is 27.9 Å². The van der Waals surface area contributed by atoms with E-state index in [1.807, 2.05) is 56.0 Å². The van der Waals surface area contributed by atoms with Gasteiger partial charge in [-0.1, -0.05) is 30.3 Å². The van der Waals surface area contributed by atoms with Crippen molar-refractivity contribution in [2.24, 2.45) is 0 Å². The van der Waals surface area contributed by atoms with Crippen molar-refractivity contribution in [1.82, 2.24) is 20.4 Å². The number of benzene rings is 1. The minimum atomic E-state index is -0.226. The van der Waals surface area contributed by atoms with Gasteiger partial charge in [-0.15, -0.1) is 0 Å². The van der Waals surface area contributed by atoms with Crippen LogP contribution in [0.4, 0.5) is 4.79 Å². The fourth-order valence-electron chi connectivity index (χ4n) is 1.93. The van der Waals surface area contributed by atoms with Gasteiger partial charge in [0.25, 0.3) is 0 Å². The molecule has 0 aliphatic carbocycles. The van der Waals surface area contributed by atoms with Gasteiger partial charge in [-0.3, -0.25) is 4.68 Å². The maximum Gasteiger partial charge on any atom is 0.315 e. The Morgan fingerprint density at radius 1 is 1.19 bits per heavy atom. The zero-order valence-corrected chi connectivity index (χ0v) is 12.8. The van der Waals surface area contributed by atoms with E-state index in [9.17, 15) is 4.79 Å². The Bertz CT molecular complexity index is 584. The number of nitrogens with zero attached hydrogens (tertiary/aromatic N) is 2. The molecule has 2 N–H and O–H groups in total. The van der Waals surface area contributed by atoms with Gasteiger partial charge in [0.15, 0.2) is 0 Å². The van der Waals surface area contributed by atoms with Crippen LogP contribution in [0.2, 0.25) is 0 Å². The number of carbonyl (C=O) groups is 1. The molecule has 2 amide bonds. The number of amides is 2. The number of urea groups is 1. The lowest BCUT2D eigenvalue weighted by Gasteiger charge is -2.20. The van der Waals surface area contributed by atoms with Gasteiger partial charge < -0.3 is 10.6 Å². The first-order valence-electron chi connectivity index (χ1n) is 7.08. The first-order valence-corrected chi connectivity index (χ1v) is 7.08. The first-order chi connectivity index (χ1) is 9.94. The third-order valence-corrected chi connectivity index (χ3v) is 2.86. The Hall–Kier alpha value is -2.30. The van der Waals surface area contributed by atoms with E-state index in [4.69, 9.17) is 0 Å². The van der Waals surface area contributed by atoms with Gasteiger partial charge in [0.2, 0.25) is 0 Å². The van der Waals surface area contributed by atoms with Gasteiger partial charge in [0.1, 0.15) is 0 Å². The number of carbonyl (C=O) groups excluding carboxylic acids is 1. The van der Waals surface area contributed by atoms with E-state index in [0.717, 1.165) is 11.1 Å². The molecule has 0 unspecified atom stereocenters. The lowest BCUT2D eigenvalue weighted by molar-refractivity contribution is 0.231. The van der Waals surface area contributed by atoms with Crippen LogP contribution in [0.25, 0.3) is 11.1 Å². The van der Waals surface area contributed by atoms with Crippen LogP contribution in [0.1, 0.15) is 20.8 Å². The lowest BCUT2D eigenvalue weighted by atomic mass is 10.1. The van der Waals surface area contributed by atoms with E-state index in [0.29, 0.717) is 13.1 Å². The molecule has 1 heterocycles. The summed E-state index contributed by atoms with van der Waals surface area (Å²) in [6.45, 7) is 7.03. The maximum absolute atomic E-state index is 11.6. The van der Waals surface area contributed by atoms with Crippen molar-refractivity contribution in [1.29, 1.82) is 0 Å². The second-order valence-electron chi connectivity index (χ2n) is 5.99. The maximum atomic E-state index is 11.6. The molecular weight excluding hydrogens is 264 g/mol. The van der Waals surface area contributed by atoms with Crippen molar-refractivity contribution in [3.05, 3.63) is 42.7 Å². The molecule has 0 aliphatic heterocycles. The summed E-state index contributed by atoms with van der Waals surface area (Å²) in [6, 6.07) is 9.95.